The summed E-state index contributed by atoms with van der Waals surface area (Å²) in [5.74, 6) is 1.76. The number of benzene rings is 2. The molecule has 0 saturated heterocycles. The maximum absolute atomic E-state index is 6.15. The van der Waals surface area contributed by atoms with Gasteiger partial charge in [-0.1, -0.05) is 13.8 Å². The summed E-state index contributed by atoms with van der Waals surface area (Å²) < 4.78 is 0. The van der Waals surface area contributed by atoms with E-state index in [4.69, 9.17) is 11.5 Å². The number of rotatable bonds is 8. The molecule has 30 heavy (non-hydrogen) atoms. The molecule has 0 fully saturated rings. The van der Waals surface area contributed by atoms with Crippen molar-refractivity contribution in [3.05, 3.63) is 53.6 Å². The number of aromatic amines is 1. The Balaban J connectivity index is 1.76. The van der Waals surface area contributed by atoms with E-state index in [-0.39, 0.29) is 12.1 Å². The molecule has 158 valence electrons. The Hall–Kier alpha value is -3.35. The summed E-state index contributed by atoms with van der Waals surface area (Å²) in [4.78, 5) is 16.9. The number of amidine groups is 2. The lowest BCUT2D eigenvalue weighted by atomic mass is 10.2. The van der Waals surface area contributed by atoms with Crippen molar-refractivity contribution in [3.63, 3.8) is 0 Å². The highest BCUT2D eigenvalue weighted by atomic mass is 15.1. The Morgan fingerprint density at radius 2 is 1.50 bits per heavy atom. The van der Waals surface area contributed by atoms with Gasteiger partial charge in [0, 0.05) is 28.9 Å². The van der Waals surface area contributed by atoms with Gasteiger partial charge in [-0.3, -0.25) is 9.98 Å². The molecule has 0 aliphatic carbocycles. The Kier molecular flexibility index (Phi) is 6.72. The molecule has 0 saturated carbocycles. The second-order valence-electron chi connectivity index (χ2n) is 7.56. The third-order valence-electron chi connectivity index (χ3n) is 5.12. The van der Waals surface area contributed by atoms with Crippen LogP contribution in [0.3, 0.4) is 0 Å². The van der Waals surface area contributed by atoms with E-state index in [1.165, 1.54) is 0 Å². The summed E-state index contributed by atoms with van der Waals surface area (Å²) in [7, 11) is 0. The summed E-state index contributed by atoms with van der Waals surface area (Å²) in [5, 5.41) is 3.29. The number of nitrogens with zero attached hydrogens (tertiary/aromatic N) is 3. The zero-order chi connectivity index (χ0) is 21.7. The fourth-order valence-electron chi connectivity index (χ4n) is 2.90. The van der Waals surface area contributed by atoms with Crippen molar-refractivity contribution in [2.24, 2.45) is 21.5 Å². The summed E-state index contributed by atoms with van der Waals surface area (Å²) in [6.45, 7) is 8.30. The molecule has 0 aliphatic rings. The second-order valence-corrected chi connectivity index (χ2v) is 7.56. The third-order valence-corrected chi connectivity index (χ3v) is 5.12. The van der Waals surface area contributed by atoms with E-state index in [0.717, 1.165) is 40.7 Å². The fraction of sp³-hybridized carbons (Fsp3) is 0.348. The molecule has 0 bridgehead atoms. The van der Waals surface area contributed by atoms with Gasteiger partial charge in [-0.25, -0.2) is 4.98 Å². The highest BCUT2D eigenvalue weighted by Gasteiger charge is 2.08. The maximum atomic E-state index is 6.15. The molecular formula is C23H31N7. The number of fused-ring (bicyclic) bond motifs is 1. The number of anilines is 2. The molecule has 0 aliphatic heterocycles. The first-order valence-corrected chi connectivity index (χ1v) is 10.4. The summed E-state index contributed by atoms with van der Waals surface area (Å²) in [6, 6.07) is 14.1. The molecule has 7 heteroatoms. The highest BCUT2D eigenvalue weighted by Crippen LogP contribution is 2.20. The van der Waals surface area contributed by atoms with Crippen LogP contribution in [0.15, 0.2) is 52.4 Å². The van der Waals surface area contributed by atoms with Crippen LogP contribution in [0, 0.1) is 0 Å². The van der Waals surface area contributed by atoms with Crippen LogP contribution in [0.25, 0.3) is 11.0 Å². The number of aromatic nitrogens is 2. The number of H-pyrrole nitrogens is 1. The Morgan fingerprint density at radius 1 is 0.933 bits per heavy atom. The van der Waals surface area contributed by atoms with Gasteiger partial charge in [0.05, 0.1) is 11.0 Å². The van der Waals surface area contributed by atoms with Crippen molar-refractivity contribution >= 4 is 34.3 Å². The van der Waals surface area contributed by atoms with Gasteiger partial charge in [-0.05, 0) is 69.2 Å². The van der Waals surface area contributed by atoms with E-state index in [1.54, 1.807) is 0 Å². The van der Waals surface area contributed by atoms with Crippen LogP contribution >= 0.6 is 0 Å². The maximum Gasteiger partial charge on any atom is 0.205 e. The van der Waals surface area contributed by atoms with Crippen LogP contribution in [0.2, 0.25) is 0 Å². The van der Waals surface area contributed by atoms with Crippen molar-refractivity contribution in [1.82, 2.24) is 9.97 Å². The summed E-state index contributed by atoms with van der Waals surface area (Å²) in [6.07, 6.45) is 1.91. The second kappa shape index (κ2) is 9.43. The van der Waals surface area contributed by atoms with Crippen LogP contribution in [0.1, 0.15) is 51.7 Å². The quantitative estimate of drug-likeness (QED) is 0.330. The first-order valence-electron chi connectivity index (χ1n) is 10.4. The third kappa shape index (κ3) is 5.17. The average Bonchev–Trinajstić information content (AvgIpc) is 3.15. The minimum absolute atomic E-state index is 0.201. The summed E-state index contributed by atoms with van der Waals surface area (Å²) >= 11 is 0. The zero-order valence-electron chi connectivity index (χ0n) is 18.1. The van der Waals surface area contributed by atoms with Crippen LogP contribution in [-0.2, 0) is 0 Å². The first kappa shape index (κ1) is 21.4. The lowest BCUT2D eigenvalue weighted by Crippen LogP contribution is -2.16. The van der Waals surface area contributed by atoms with Gasteiger partial charge in [-0.2, -0.15) is 0 Å². The normalized spacial score (nSPS) is 14.7. The SMILES string of the molecule is CCC(C)N=C(N)c1ccc(Nc2nc3ccc(C(N)=NC(C)CC)cc3[nH]2)cc1. The Bertz CT molecular complexity index is 1050. The molecule has 1 aromatic heterocycles. The van der Waals surface area contributed by atoms with E-state index in [9.17, 15) is 0 Å². The Labute approximate surface area is 177 Å². The molecule has 2 unspecified atom stereocenters. The molecule has 7 nitrogen and oxygen atoms in total. The minimum Gasteiger partial charge on any atom is -0.383 e. The van der Waals surface area contributed by atoms with Crippen molar-refractivity contribution < 1.29 is 0 Å². The topological polar surface area (TPSA) is 117 Å². The van der Waals surface area contributed by atoms with Crippen LogP contribution in [-0.4, -0.2) is 33.7 Å². The molecule has 2 atom stereocenters. The number of nitrogens with one attached hydrogen (secondary N) is 2. The number of nitrogens with two attached hydrogens (primary N) is 2. The molecule has 1 heterocycles. The first-order chi connectivity index (χ1) is 14.4. The van der Waals surface area contributed by atoms with Gasteiger partial charge < -0.3 is 21.8 Å². The van der Waals surface area contributed by atoms with E-state index in [1.807, 2.05) is 42.5 Å². The molecule has 2 aromatic carbocycles. The fourth-order valence-corrected chi connectivity index (χ4v) is 2.90. The monoisotopic (exact) mass is 405 g/mol. The molecule has 0 amide bonds. The molecule has 0 spiro atoms. The average molecular weight is 406 g/mol. The lowest BCUT2D eigenvalue weighted by molar-refractivity contribution is 0.716. The molecule has 3 aromatic rings. The van der Waals surface area contributed by atoms with Crippen molar-refractivity contribution in [2.45, 2.75) is 52.6 Å². The largest absolute Gasteiger partial charge is 0.383 e. The van der Waals surface area contributed by atoms with E-state index >= 15 is 0 Å². The van der Waals surface area contributed by atoms with E-state index < -0.39 is 0 Å². The van der Waals surface area contributed by atoms with E-state index in [0.29, 0.717) is 17.6 Å². The van der Waals surface area contributed by atoms with Gasteiger partial charge >= 0.3 is 0 Å². The van der Waals surface area contributed by atoms with Gasteiger partial charge in [0.15, 0.2) is 0 Å². The predicted octanol–water partition coefficient (Wildman–Crippen LogP) is 4.31. The lowest BCUT2D eigenvalue weighted by Gasteiger charge is -2.07. The van der Waals surface area contributed by atoms with Gasteiger partial charge in [0.25, 0.3) is 0 Å². The van der Waals surface area contributed by atoms with Crippen LogP contribution in [0.4, 0.5) is 11.6 Å². The van der Waals surface area contributed by atoms with Gasteiger partial charge in [0.1, 0.15) is 11.7 Å². The zero-order valence-corrected chi connectivity index (χ0v) is 18.1. The number of aliphatic imine (C=N–C) groups is 2. The van der Waals surface area contributed by atoms with Crippen molar-refractivity contribution in [1.29, 1.82) is 0 Å². The molecule has 3 rings (SSSR count). The minimum atomic E-state index is 0.201. The molecular weight excluding hydrogens is 374 g/mol. The Morgan fingerprint density at radius 3 is 2.10 bits per heavy atom. The van der Waals surface area contributed by atoms with Crippen molar-refractivity contribution in [3.8, 4) is 0 Å². The smallest absolute Gasteiger partial charge is 0.205 e. The van der Waals surface area contributed by atoms with Crippen molar-refractivity contribution in [2.75, 3.05) is 5.32 Å². The number of imidazole rings is 1. The van der Waals surface area contributed by atoms with Gasteiger partial charge in [0.2, 0.25) is 5.95 Å². The molecule has 0 radical (unpaired) electrons. The number of hydrogen-bond donors (Lipinski definition) is 4. The standard InChI is InChI=1S/C23H31N7/c1-5-14(3)26-21(24)16-7-10-18(11-8-16)28-23-29-19-12-9-17(13-20(19)30-23)22(25)27-15(4)6-2/h7-15H,5-6H2,1-4H3,(H2,24,26)(H2,25,27)(H2,28,29,30). The molecule has 6 N–H and O–H groups in total. The number of hydrogen-bond acceptors (Lipinski definition) is 4. The highest BCUT2D eigenvalue weighted by molar-refractivity contribution is 6.00. The van der Waals surface area contributed by atoms with Crippen LogP contribution in [0.5, 0.6) is 0 Å². The van der Waals surface area contributed by atoms with Gasteiger partial charge in [-0.15, -0.1) is 0 Å². The van der Waals surface area contributed by atoms with E-state index in [2.05, 4.69) is 53.0 Å². The predicted molar refractivity (Wildman–Crippen MR) is 127 cm³/mol. The summed E-state index contributed by atoms with van der Waals surface area (Å²) in [5.41, 5.74) is 16.7. The van der Waals surface area contributed by atoms with Crippen LogP contribution < -0.4 is 16.8 Å².